The molecule has 0 aliphatic rings. The number of nitrogens with zero attached hydrogens (tertiary/aromatic N) is 3. The Balaban J connectivity index is 1.82. The topological polar surface area (TPSA) is 30.7 Å². The molecule has 0 aliphatic heterocycles. The minimum atomic E-state index is 0.901. The van der Waals surface area contributed by atoms with Crippen molar-refractivity contribution in [1.82, 2.24) is 15.0 Å². The summed E-state index contributed by atoms with van der Waals surface area (Å²) in [5.74, 6) is 0. The second-order valence-corrected chi connectivity index (χ2v) is 4.89. The maximum atomic E-state index is 4.57. The number of para-hydroxylation sites is 1. The van der Waals surface area contributed by atoms with Crippen molar-refractivity contribution in [3.63, 3.8) is 0 Å². The lowest BCUT2D eigenvalue weighted by Crippen LogP contribution is -1.97. The number of benzene rings is 3. The Kier molecular flexibility index (Phi) is 2.75. The largest absolute Gasteiger partial charge is 0.150 e. The van der Waals surface area contributed by atoms with Gasteiger partial charge in [0.15, 0.2) is 0 Å². The molecule has 0 fully saturated rings. The van der Waals surface area contributed by atoms with E-state index in [1.807, 2.05) is 54.6 Å². The molecule has 0 spiro atoms. The first-order valence-electron chi connectivity index (χ1n) is 6.88. The third-order valence-electron chi connectivity index (χ3n) is 3.47. The molecule has 3 aromatic carbocycles. The molecule has 1 heterocycles. The van der Waals surface area contributed by atoms with Crippen LogP contribution >= 0.6 is 0 Å². The molecule has 4 rings (SSSR count). The molecule has 21 heavy (non-hydrogen) atoms. The highest BCUT2D eigenvalue weighted by Gasteiger charge is 2.06. The van der Waals surface area contributed by atoms with Crippen molar-refractivity contribution in [3.8, 4) is 16.8 Å². The molecule has 0 amide bonds. The van der Waals surface area contributed by atoms with E-state index in [0.717, 1.165) is 22.3 Å². The molecule has 0 saturated carbocycles. The van der Waals surface area contributed by atoms with Crippen LogP contribution in [0.25, 0.3) is 27.8 Å². The third-order valence-corrected chi connectivity index (χ3v) is 3.47. The minimum Gasteiger partial charge on any atom is -0.150 e. The van der Waals surface area contributed by atoms with Crippen LogP contribution in [0, 0.1) is 0 Å². The zero-order valence-corrected chi connectivity index (χ0v) is 11.3. The molecular formula is C18H13N3. The van der Waals surface area contributed by atoms with Gasteiger partial charge in [0, 0.05) is 0 Å². The molecule has 0 radical (unpaired) electrons. The van der Waals surface area contributed by atoms with Crippen LogP contribution in [0.4, 0.5) is 0 Å². The summed E-state index contributed by atoms with van der Waals surface area (Å²) in [5, 5.41) is 9.10. The predicted molar refractivity (Wildman–Crippen MR) is 84.3 cm³/mol. The monoisotopic (exact) mass is 271 g/mol. The first-order chi connectivity index (χ1) is 10.4. The summed E-state index contributed by atoms with van der Waals surface area (Å²) in [7, 11) is 0. The van der Waals surface area contributed by atoms with Gasteiger partial charge >= 0.3 is 0 Å². The van der Waals surface area contributed by atoms with Crippen molar-refractivity contribution < 1.29 is 0 Å². The van der Waals surface area contributed by atoms with Crippen LogP contribution in [0.15, 0.2) is 78.9 Å². The van der Waals surface area contributed by atoms with Crippen molar-refractivity contribution in [1.29, 1.82) is 0 Å². The SMILES string of the molecule is c1ccc(-c2ccc3nn(-c4ccccc4)nc3c2)cc1. The zero-order chi connectivity index (χ0) is 14.1. The molecule has 1 aromatic heterocycles. The third kappa shape index (κ3) is 2.19. The molecule has 0 unspecified atom stereocenters. The second-order valence-electron chi connectivity index (χ2n) is 4.89. The van der Waals surface area contributed by atoms with Gasteiger partial charge in [0.25, 0.3) is 0 Å². The lowest BCUT2D eigenvalue weighted by Gasteiger charge is -1.99. The fourth-order valence-electron chi connectivity index (χ4n) is 2.40. The van der Waals surface area contributed by atoms with Gasteiger partial charge in [-0.3, -0.25) is 0 Å². The first kappa shape index (κ1) is 11.9. The second kappa shape index (κ2) is 4.87. The Hall–Kier alpha value is -2.94. The van der Waals surface area contributed by atoms with Crippen LogP contribution in [0.3, 0.4) is 0 Å². The van der Waals surface area contributed by atoms with E-state index in [1.165, 1.54) is 5.56 Å². The van der Waals surface area contributed by atoms with Gasteiger partial charge in [0.05, 0.1) is 5.69 Å². The fourth-order valence-corrected chi connectivity index (χ4v) is 2.40. The maximum absolute atomic E-state index is 4.57. The summed E-state index contributed by atoms with van der Waals surface area (Å²) in [6.45, 7) is 0. The van der Waals surface area contributed by atoms with E-state index in [0.29, 0.717) is 0 Å². The number of aromatic nitrogens is 3. The molecule has 3 nitrogen and oxygen atoms in total. The number of fused-ring (bicyclic) bond motifs is 1. The molecule has 0 bridgehead atoms. The van der Waals surface area contributed by atoms with Crippen LogP contribution in [0.1, 0.15) is 0 Å². The highest BCUT2D eigenvalue weighted by atomic mass is 15.5. The number of rotatable bonds is 2. The minimum absolute atomic E-state index is 0.901. The normalized spacial score (nSPS) is 10.9. The quantitative estimate of drug-likeness (QED) is 0.550. The summed E-state index contributed by atoms with van der Waals surface area (Å²) >= 11 is 0. The van der Waals surface area contributed by atoms with Crippen LogP contribution < -0.4 is 0 Å². The van der Waals surface area contributed by atoms with Crippen LogP contribution in [-0.4, -0.2) is 15.0 Å². The van der Waals surface area contributed by atoms with Crippen LogP contribution in [0.5, 0.6) is 0 Å². The standard InChI is InChI=1S/C18H13N3/c1-3-7-14(8-4-1)15-11-12-17-18(13-15)20-21(19-17)16-9-5-2-6-10-16/h1-13H. The summed E-state index contributed by atoms with van der Waals surface area (Å²) in [4.78, 5) is 1.68. The van der Waals surface area contributed by atoms with E-state index in [2.05, 4.69) is 34.5 Å². The van der Waals surface area contributed by atoms with E-state index in [1.54, 1.807) is 4.80 Å². The van der Waals surface area contributed by atoms with Gasteiger partial charge in [-0.05, 0) is 35.4 Å². The highest BCUT2D eigenvalue weighted by molar-refractivity contribution is 5.81. The average molecular weight is 271 g/mol. The Morgan fingerprint density at radius 3 is 2.00 bits per heavy atom. The summed E-state index contributed by atoms with van der Waals surface area (Å²) in [5.41, 5.74) is 5.12. The summed E-state index contributed by atoms with van der Waals surface area (Å²) in [6.07, 6.45) is 0. The van der Waals surface area contributed by atoms with Crippen molar-refractivity contribution in [2.24, 2.45) is 0 Å². The summed E-state index contributed by atoms with van der Waals surface area (Å²) in [6, 6.07) is 26.4. The number of hydrogen-bond acceptors (Lipinski definition) is 2. The van der Waals surface area contributed by atoms with Gasteiger partial charge in [-0.25, -0.2) is 0 Å². The Labute approximate surface area is 122 Å². The van der Waals surface area contributed by atoms with Gasteiger partial charge in [0.1, 0.15) is 11.0 Å². The molecule has 0 aliphatic carbocycles. The molecule has 3 heteroatoms. The van der Waals surface area contributed by atoms with Gasteiger partial charge in [-0.1, -0.05) is 54.6 Å². The Morgan fingerprint density at radius 1 is 0.571 bits per heavy atom. The summed E-state index contributed by atoms with van der Waals surface area (Å²) < 4.78 is 0. The first-order valence-corrected chi connectivity index (χ1v) is 6.88. The van der Waals surface area contributed by atoms with Gasteiger partial charge in [0.2, 0.25) is 0 Å². The van der Waals surface area contributed by atoms with Crippen LogP contribution in [-0.2, 0) is 0 Å². The van der Waals surface area contributed by atoms with E-state index in [-0.39, 0.29) is 0 Å². The molecule has 4 aromatic rings. The predicted octanol–water partition coefficient (Wildman–Crippen LogP) is 4.09. The van der Waals surface area contributed by atoms with Crippen molar-refractivity contribution >= 4 is 11.0 Å². The Bertz CT molecular complexity index is 843. The zero-order valence-electron chi connectivity index (χ0n) is 11.3. The smallest absolute Gasteiger partial charge is 0.114 e. The van der Waals surface area contributed by atoms with Crippen molar-refractivity contribution in [3.05, 3.63) is 78.9 Å². The molecule has 0 N–H and O–H groups in total. The maximum Gasteiger partial charge on any atom is 0.114 e. The lowest BCUT2D eigenvalue weighted by atomic mass is 10.1. The number of hydrogen-bond donors (Lipinski definition) is 0. The van der Waals surface area contributed by atoms with Crippen LogP contribution in [0.2, 0.25) is 0 Å². The van der Waals surface area contributed by atoms with Crippen molar-refractivity contribution in [2.75, 3.05) is 0 Å². The van der Waals surface area contributed by atoms with Gasteiger partial charge < -0.3 is 0 Å². The Morgan fingerprint density at radius 2 is 1.24 bits per heavy atom. The van der Waals surface area contributed by atoms with Gasteiger partial charge in [-0.2, -0.15) is 4.80 Å². The van der Waals surface area contributed by atoms with E-state index >= 15 is 0 Å². The molecule has 100 valence electrons. The molecule has 0 saturated heterocycles. The van der Waals surface area contributed by atoms with Gasteiger partial charge in [-0.15, -0.1) is 10.2 Å². The molecule has 0 atom stereocenters. The average Bonchev–Trinajstić information content (AvgIpc) is 2.99. The van der Waals surface area contributed by atoms with E-state index in [9.17, 15) is 0 Å². The lowest BCUT2D eigenvalue weighted by molar-refractivity contribution is 0.766. The molecular weight excluding hydrogens is 258 g/mol. The van der Waals surface area contributed by atoms with E-state index in [4.69, 9.17) is 0 Å². The fraction of sp³-hybridized carbons (Fsp3) is 0. The highest BCUT2D eigenvalue weighted by Crippen LogP contribution is 2.22. The van der Waals surface area contributed by atoms with Crippen molar-refractivity contribution in [2.45, 2.75) is 0 Å². The van der Waals surface area contributed by atoms with E-state index < -0.39 is 0 Å².